The summed E-state index contributed by atoms with van der Waals surface area (Å²) in [7, 11) is -3.31. The Bertz CT molecular complexity index is 627. The van der Waals surface area contributed by atoms with Crippen molar-refractivity contribution in [2.45, 2.75) is 18.7 Å². The number of rotatable bonds is 0. The van der Waals surface area contributed by atoms with Crippen LogP contribution < -0.4 is 4.72 Å². The third-order valence-corrected chi connectivity index (χ3v) is 3.81. The third-order valence-electron chi connectivity index (χ3n) is 2.40. The van der Waals surface area contributed by atoms with Gasteiger partial charge in [-0.15, -0.1) is 0 Å². The van der Waals surface area contributed by atoms with Crippen LogP contribution in [0.3, 0.4) is 0 Å². The highest BCUT2D eigenvalue weighted by atomic mass is 32.2. The molecule has 0 saturated heterocycles. The molecule has 3 rings (SSSR count). The number of benzene rings is 2. The predicted octanol–water partition coefficient (Wildman–Crippen LogP) is 2.98. The molecule has 0 spiro atoms. The molecular weight excluding hydrogens is 222 g/mol. The molecule has 0 radical (unpaired) electrons. The van der Waals surface area contributed by atoms with Crippen LogP contribution >= 0.6 is 0 Å². The molecule has 1 heterocycles. The normalized spacial score (nSPS) is 15.1. The molecule has 0 saturated carbocycles. The van der Waals surface area contributed by atoms with Crippen LogP contribution in [0.4, 0.5) is 5.69 Å². The second-order valence-electron chi connectivity index (χ2n) is 3.27. The lowest BCUT2D eigenvalue weighted by molar-refractivity contribution is 0.603. The summed E-state index contributed by atoms with van der Waals surface area (Å²) in [5, 5.41) is 1.75. The van der Waals surface area contributed by atoms with Crippen molar-refractivity contribution in [1.82, 2.24) is 0 Å². The third kappa shape index (κ3) is 1.46. The number of hydrogen-bond acceptors (Lipinski definition) is 2. The Morgan fingerprint density at radius 1 is 1.00 bits per heavy atom. The standard InChI is InChI=1S/C10H7NO2S.C2H6/c12-14(13)9-6-2-4-7-3-1-5-8(11-14)10(7)9;1-2/h1-6,11H;1-2H3. The molecule has 16 heavy (non-hydrogen) atoms. The van der Waals surface area contributed by atoms with E-state index in [1.165, 1.54) is 0 Å². The van der Waals surface area contributed by atoms with Crippen LogP contribution in [-0.2, 0) is 10.0 Å². The van der Waals surface area contributed by atoms with Gasteiger partial charge in [-0.1, -0.05) is 38.1 Å². The molecule has 2 aromatic rings. The monoisotopic (exact) mass is 235 g/mol. The Morgan fingerprint density at radius 3 is 2.31 bits per heavy atom. The van der Waals surface area contributed by atoms with Crippen molar-refractivity contribution in [1.29, 1.82) is 0 Å². The van der Waals surface area contributed by atoms with Gasteiger partial charge in [-0.3, -0.25) is 4.72 Å². The minimum Gasteiger partial charge on any atom is -0.279 e. The molecule has 1 aliphatic rings. The van der Waals surface area contributed by atoms with Gasteiger partial charge in [-0.25, -0.2) is 8.42 Å². The van der Waals surface area contributed by atoms with Crippen LogP contribution in [0.15, 0.2) is 41.3 Å². The Kier molecular flexibility index (Phi) is 2.59. The van der Waals surface area contributed by atoms with Gasteiger partial charge in [0.1, 0.15) is 0 Å². The molecule has 0 aliphatic carbocycles. The van der Waals surface area contributed by atoms with E-state index in [-0.39, 0.29) is 0 Å². The first-order valence-corrected chi connectivity index (χ1v) is 6.71. The number of sulfonamides is 1. The quantitative estimate of drug-likeness (QED) is 0.763. The van der Waals surface area contributed by atoms with Crippen LogP contribution in [0.1, 0.15) is 13.8 Å². The van der Waals surface area contributed by atoms with Crippen molar-refractivity contribution in [3.8, 4) is 0 Å². The van der Waals surface area contributed by atoms with E-state index in [1.54, 1.807) is 18.2 Å². The van der Waals surface area contributed by atoms with Crippen molar-refractivity contribution in [3.63, 3.8) is 0 Å². The van der Waals surface area contributed by atoms with Crippen LogP contribution in [-0.4, -0.2) is 8.42 Å². The zero-order valence-corrected chi connectivity index (χ0v) is 10.0. The first kappa shape index (κ1) is 11.0. The summed E-state index contributed by atoms with van der Waals surface area (Å²) >= 11 is 0. The molecule has 0 amide bonds. The maximum atomic E-state index is 11.6. The topological polar surface area (TPSA) is 46.2 Å². The minimum absolute atomic E-state index is 0.380. The van der Waals surface area contributed by atoms with E-state index in [4.69, 9.17) is 0 Å². The summed E-state index contributed by atoms with van der Waals surface area (Å²) < 4.78 is 25.8. The molecule has 84 valence electrons. The van der Waals surface area contributed by atoms with E-state index in [1.807, 2.05) is 32.0 Å². The lowest BCUT2D eigenvalue weighted by Gasteiger charge is -1.96. The molecule has 2 aromatic carbocycles. The zero-order valence-electron chi connectivity index (χ0n) is 9.19. The van der Waals surface area contributed by atoms with Gasteiger partial charge < -0.3 is 0 Å². The maximum absolute atomic E-state index is 11.6. The fraction of sp³-hybridized carbons (Fsp3) is 0.167. The van der Waals surface area contributed by atoms with Gasteiger partial charge >= 0.3 is 0 Å². The molecule has 1 N–H and O–H groups in total. The molecule has 3 nitrogen and oxygen atoms in total. The molecule has 4 heteroatoms. The summed E-state index contributed by atoms with van der Waals surface area (Å²) in [5.74, 6) is 0. The van der Waals surface area contributed by atoms with Crippen molar-refractivity contribution < 1.29 is 8.42 Å². The van der Waals surface area contributed by atoms with Crippen molar-refractivity contribution >= 4 is 26.5 Å². The Balaban J connectivity index is 0.000000457. The van der Waals surface area contributed by atoms with E-state index in [0.29, 0.717) is 10.6 Å². The Morgan fingerprint density at radius 2 is 1.62 bits per heavy atom. The highest BCUT2D eigenvalue weighted by molar-refractivity contribution is 7.93. The Labute approximate surface area is 95.2 Å². The van der Waals surface area contributed by atoms with E-state index < -0.39 is 10.0 Å². The second kappa shape index (κ2) is 3.79. The average Bonchev–Trinajstić information content (AvgIpc) is 2.56. The van der Waals surface area contributed by atoms with E-state index in [0.717, 1.165) is 10.8 Å². The molecule has 0 bridgehead atoms. The first-order valence-electron chi connectivity index (χ1n) is 5.23. The molecule has 0 aromatic heterocycles. The lowest BCUT2D eigenvalue weighted by atomic mass is 10.1. The molecule has 0 atom stereocenters. The number of hydrogen-bond donors (Lipinski definition) is 1. The van der Waals surface area contributed by atoms with E-state index in [2.05, 4.69) is 4.72 Å². The minimum atomic E-state index is -3.31. The maximum Gasteiger partial charge on any atom is 0.262 e. The molecular formula is C12H13NO2S. The highest BCUT2D eigenvalue weighted by Crippen LogP contribution is 2.36. The number of anilines is 1. The largest absolute Gasteiger partial charge is 0.279 e. The van der Waals surface area contributed by atoms with Crippen LogP contribution in [0.25, 0.3) is 10.8 Å². The van der Waals surface area contributed by atoms with Gasteiger partial charge in [0.05, 0.1) is 10.6 Å². The van der Waals surface area contributed by atoms with Gasteiger partial charge in [0.2, 0.25) is 0 Å². The lowest BCUT2D eigenvalue weighted by Crippen LogP contribution is -2.05. The van der Waals surface area contributed by atoms with E-state index in [9.17, 15) is 8.42 Å². The summed E-state index contributed by atoms with van der Waals surface area (Å²) in [6, 6.07) is 10.8. The molecule has 1 aliphatic heterocycles. The molecule has 0 fully saturated rings. The summed E-state index contributed by atoms with van der Waals surface area (Å²) in [6.45, 7) is 4.00. The van der Waals surface area contributed by atoms with Gasteiger partial charge in [0.25, 0.3) is 10.0 Å². The average molecular weight is 235 g/mol. The summed E-state index contributed by atoms with van der Waals surface area (Å²) in [5.41, 5.74) is 0.679. The van der Waals surface area contributed by atoms with Gasteiger partial charge in [0, 0.05) is 5.39 Å². The smallest absolute Gasteiger partial charge is 0.262 e. The van der Waals surface area contributed by atoms with Crippen molar-refractivity contribution in [2.24, 2.45) is 0 Å². The van der Waals surface area contributed by atoms with Gasteiger partial charge in [-0.2, -0.15) is 0 Å². The summed E-state index contributed by atoms with van der Waals surface area (Å²) in [4.78, 5) is 0.380. The SMILES string of the molecule is CC.O=S1(=O)Nc2cccc3cccc1c23. The van der Waals surface area contributed by atoms with Crippen molar-refractivity contribution in [2.75, 3.05) is 4.72 Å². The fourth-order valence-electron chi connectivity index (χ4n) is 1.82. The number of nitrogens with one attached hydrogen (secondary N) is 1. The highest BCUT2D eigenvalue weighted by Gasteiger charge is 2.26. The van der Waals surface area contributed by atoms with Crippen LogP contribution in [0.5, 0.6) is 0 Å². The Hall–Kier alpha value is -1.55. The fourth-order valence-corrected chi connectivity index (χ4v) is 3.14. The van der Waals surface area contributed by atoms with Crippen LogP contribution in [0, 0.1) is 0 Å². The predicted molar refractivity (Wildman–Crippen MR) is 66.1 cm³/mol. The van der Waals surface area contributed by atoms with Gasteiger partial charge in [-0.05, 0) is 17.5 Å². The first-order chi connectivity index (χ1) is 7.68. The molecule has 0 unspecified atom stereocenters. The van der Waals surface area contributed by atoms with E-state index >= 15 is 0 Å². The summed E-state index contributed by atoms with van der Waals surface area (Å²) in [6.07, 6.45) is 0. The van der Waals surface area contributed by atoms with Crippen LogP contribution in [0.2, 0.25) is 0 Å². The second-order valence-corrected chi connectivity index (χ2v) is 4.92. The zero-order chi connectivity index (χ0) is 11.8. The van der Waals surface area contributed by atoms with Gasteiger partial charge in [0.15, 0.2) is 0 Å². The van der Waals surface area contributed by atoms with Crippen molar-refractivity contribution in [3.05, 3.63) is 36.4 Å².